The highest BCUT2D eigenvalue weighted by atomic mass is 16.2. The van der Waals surface area contributed by atoms with Crippen LogP contribution in [-0.2, 0) is 9.59 Å². The topological polar surface area (TPSA) is 58.2 Å². The Balaban J connectivity index is 1.90. The second-order valence-electron chi connectivity index (χ2n) is 6.01. The maximum absolute atomic E-state index is 12.1. The first-order valence-corrected chi connectivity index (χ1v) is 7.15. The van der Waals surface area contributed by atoms with Crippen molar-refractivity contribution in [2.45, 2.75) is 52.0 Å². The molecule has 0 aromatic rings. The molecule has 3 unspecified atom stereocenters. The lowest BCUT2D eigenvalue weighted by Gasteiger charge is -2.35. The van der Waals surface area contributed by atoms with Gasteiger partial charge in [-0.3, -0.25) is 9.59 Å². The van der Waals surface area contributed by atoms with Crippen LogP contribution in [0, 0.1) is 17.8 Å². The molecule has 4 heteroatoms. The van der Waals surface area contributed by atoms with E-state index in [2.05, 4.69) is 24.5 Å². The number of amides is 2. The zero-order valence-electron chi connectivity index (χ0n) is 11.4. The molecule has 0 aromatic heterocycles. The van der Waals surface area contributed by atoms with E-state index in [0.29, 0.717) is 30.8 Å². The summed E-state index contributed by atoms with van der Waals surface area (Å²) in [6.07, 6.45) is 5.13. The van der Waals surface area contributed by atoms with Gasteiger partial charge in [0.15, 0.2) is 0 Å². The van der Waals surface area contributed by atoms with Crippen LogP contribution in [0.4, 0.5) is 0 Å². The lowest BCUT2D eigenvalue weighted by Crippen LogP contribution is -2.46. The quantitative estimate of drug-likeness (QED) is 0.799. The first-order valence-electron chi connectivity index (χ1n) is 7.15. The molecule has 18 heavy (non-hydrogen) atoms. The first-order chi connectivity index (χ1) is 8.58. The fraction of sp³-hybridized carbons (Fsp3) is 0.857. The van der Waals surface area contributed by atoms with E-state index in [0.717, 1.165) is 6.42 Å². The van der Waals surface area contributed by atoms with E-state index in [1.54, 1.807) is 0 Å². The van der Waals surface area contributed by atoms with Gasteiger partial charge >= 0.3 is 0 Å². The Morgan fingerprint density at radius 1 is 1.33 bits per heavy atom. The highest BCUT2D eigenvalue weighted by Gasteiger charge is 2.33. The van der Waals surface area contributed by atoms with Crippen LogP contribution in [0.3, 0.4) is 0 Å². The van der Waals surface area contributed by atoms with Crippen LogP contribution in [0.1, 0.15) is 46.0 Å². The standard InChI is InChI=1S/C14H24N2O2/c1-9(2)11-5-3-4-6-12(11)16-14(18)10-7-13(17)15-8-10/h9-12H,3-8H2,1-2H3,(H,15,17)(H,16,18). The summed E-state index contributed by atoms with van der Waals surface area (Å²) in [5.41, 5.74) is 0. The summed E-state index contributed by atoms with van der Waals surface area (Å²) < 4.78 is 0. The molecule has 0 bridgehead atoms. The van der Waals surface area contributed by atoms with Crippen molar-refractivity contribution < 1.29 is 9.59 Å². The van der Waals surface area contributed by atoms with Crippen molar-refractivity contribution in [3.05, 3.63) is 0 Å². The van der Waals surface area contributed by atoms with Gasteiger partial charge in [0.2, 0.25) is 11.8 Å². The molecular weight excluding hydrogens is 228 g/mol. The molecule has 1 saturated carbocycles. The van der Waals surface area contributed by atoms with E-state index in [1.807, 2.05) is 0 Å². The molecular formula is C14H24N2O2. The van der Waals surface area contributed by atoms with Crippen LogP contribution in [0.25, 0.3) is 0 Å². The van der Waals surface area contributed by atoms with E-state index in [9.17, 15) is 9.59 Å². The number of carbonyl (C=O) groups is 2. The van der Waals surface area contributed by atoms with E-state index in [-0.39, 0.29) is 17.7 Å². The summed E-state index contributed by atoms with van der Waals surface area (Å²) in [7, 11) is 0. The molecule has 2 amide bonds. The van der Waals surface area contributed by atoms with Gasteiger partial charge in [-0.05, 0) is 24.7 Å². The molecule has 1 aliphatic heterocycles. The monoisotopic (exact) mass is 252 g/mol. The molecule has 3 atom stereocenters. The van der Waals surface area contributed by atoms with Crippen molar-refractivity contribution in [1.29, 1.82) is 0 Å². The fourth-order valence-corrected chi connectivity index (χ4v) is 3.23. The lowest BCUT2D eigenvalue weighted by atomic mass is 9.77. The average Bonchev–Trinajstić information content (AvgIpc) is 2.76. The molecule has 2 fully saturated rings. The van der Waals surface area contributed by atoms with Gasteiger partial charge in [-0.2, -0.15) is 0 Å². The number of carbonyl (C=O) groups excluding carboxylic acids is 2. The van der Waals surface area contributed by atoms with Gasteiger partial charge in [0.25, 0.3) is 0 Å². The maximum Gasteiger partial charge on any atom is 0.225 e. The van der Waals surface area contributed by atoms with E-state index < -0.39 is 0 Å². The van der Waals surface area contributed by atoms with Gasteiger partial charge in [0.1, 0.15) is 0 Å². The zero-order chi connectivity index (χ0) is 13.1. The minimum Gasteiger partial charge on any atom is -0.355 e. The Hall–Kier alpha value is -1.06. The predicted octanol–water partition coefficient (Wildman–Crippen LogP) is 1.45. The third kappa shape index (κ3) is 3.03. The van der Waals surface area contributed by atoms with Crippen molar-refractivity contribution >= 4 is 11.8 Å². The summed E-state index contributed by atoms with van der Waals surface area (Å²) in [5.74, 6) is 1.10. The Morgan fingerprint density at radius 2 is 2.06 bits per heavy atom. The van der Waals surface area contributed by atoms with E-state index in [4.69, 9.17) is 0 Å². The Labute approximate surface area is 109 Å². The van der Waals surface area contributed by atoms with Crippen molar-refractivity contribution in [1.82, 2.24) is 10.6 Å². The smallest absolute Gasteiger partial charge is 0.225 e. The fourth-order valence-electron chi connectivity index (χ4n) is 3.23. The molecule has 2 rings (SSSR count). The van der Waals surface area contributed by atoms with Crippen LogP contribution in [0.5, 0.6) is 0 Å². The molecule has 1 heterocycles. The van der Waals surface area contributed by atoms with Crippen LogP contribution >= 0.6 is 0 Å². The van der Waals surface area contributed by atoms with Gasteiger partial charge in [-0.15, -0.1) is 0 Å². The van der Waals surface area contributed by atoms with Crippen molar-refractivity contribution in [3.8, 4) is 0 Å². The number of hydrogen-bond donors (Lipinski definition) is 2. The highest BCUT2D eigenvalue weighted by Crippen LogP contribution is 2.30. The van der Waals surface area contributed by atoms with Gasteiger partial charge in [-0.1, -0.05) is 26.7 Å². The Morgan fingerprint density at radius 3 is 2.67 bits per heavy atom. The number of hydrogen-bond acceptors (Lipinski definition) is 2. The van der Waals surface area contributed by atoms with E-state index >= 15 is 0 Å². The molecule has 0 spiro atoms. The minimum atomic E-state index is -0.160. The molecule has 2 aliphatic rings. The normalized spacial score (nSPS) is 32.4. The first kappa shape index (κ1) is 13.4. The second kappa shape index (κ2) is 5.72. The zero-order valence-corrected chi connectivity index (χ0v) is 11.4. The van der Waals surface area contributed by atoms with E-state index in [1.165, 1.54) is 19.3 Å². The maximum atomic E-state index is 12.1. The summed E-state index contributed by atoms with van der Waals surface area (Å²) in [6, 6.07) is 0.307. The average molecular weight is 252 g/mol. The predicted molar refractivity (Wildman–Crippen MR) is 69.8 cm³/mol. The Bertz CT molecular complexity index is 328. The Kier molecular flexibility index (Phi) is 4.25. The van der Waals surface area contributed by atoms with Crippen molar-refractivity contribution in [3.63, 3.8) is 0 Å². The summed E-state index contributed by atoms with van der Waals surface area (Å²) in [5, 5.41) is 5.90. The van der Waals surface area contributed by atoms with Gasteiger partial charge in [0, 0.05) is 19.0 Å². The van der Waals surface area contributed by atoms with Crippen molar-refractivity contribution in [2.75, 3.05) is 6.54 Å². The van der Waals surface area contributed by atoms with Crippen molar-refractivity contribution in [2.24, 2.45) is 17.8 Å². The third-order valence-electron chi connectivity index (χ3n) is 4.35. The van der Waals surface area contributed by atoms with Crippen LogP contribution in [0.15, 0.2) is 0 Å². The SMILES string of the molecule is CC(C)C1CCCCC1NC(=O)C1CNC(=O)C1. The number of nitrogens with one attached hydrogen (secondary N) is 2. The third-order valence-corrected chi connectivity index (χ3v) is 4.35. The van der Waals surface area contributed by atoms with Gasteiger partial charge in [0.05, 0.1) is 5.92 Å². The van der Waals surface area contributed by atoms with Crippen LogP contribution in [-0.4, -0.2) is 24.4 Å². The highest BCUT2D eigenvalue weighted by molar-refractivity contribution is 5.89. The molecule has 0 aromatic carbocycles. The molecule has 102 valence electrons. The lowest BCUT2D eigenvalue weighted by molar-refractivity contribution is -0.127. The largest absolute Gasteiger partial charge is 0.355 e. The van der Waals surface area contributed by atoms with Gasteiger partial charge in [-0.25, -0.2) is 0 Å². The molecule has 1 aliphatic carbocycles. The second-order valence-corrected chi connectivity index (χ2v) is 6.01. The minimum absolute atomic E-state index is 0.000737. The summed E-state index contributed by atoms with van der Waals surface area (Å²) in [4.78, 5) is 23.3. The molecule has 4 nitrogen and oxygen atoms in total. The summed E-state index contributed by atoms with van der Waals surface area (Å²) >= 11 is 0. The molecule has 2 N–H and O–H groups in total. The molecule has 0 radical (unpaired) electrons. The number of rotatable bonds is 3. The van der Waals surface area contributed by atoms with Crippen LogP contribution in [0.2, 0.25) is 0 Å². The molecule has 1 saturated heterocycles. The summed E-state index contributed by atoms with van der Waals surface area (Å²) in [6.45, 7) is 4.97. The van der Waals surface area contributed by atoms with Gasteiger partial charge < -0.3 is 10.6 Å². The van der Waals surface area contributed by atoms with Crippen LogP contribution < -0.4 is 10.6 Å².